The van der Waals surface area contributed by atoms with E-state index < -0.39 is 5.41 Å². The van der Waals surface area contributed by atoms with E-state index in [4.69, 9.17) is 4.74 Å². The van der Waals surface area contributed by atoms with E-state index in [0.717, 1.165) is 6.54 Å². The van der Waals surface area contributed by atoms with Crippen molar-refractivity contribution in [3.05, 3.63) is 29.8 Å². The van der Waals surface area contributed by atoms with Gasteiger partial charge in [0.25, 0.3) is 0 Å². The summed E-state index contributed by atoms with van der Waals surface area (Å²) in [6.07, 6.45) is 5.14. The topological polar surface area (TPSA) is 29.5 Å². The second-order valence-electron chi connectivity index (χ2n) is 8.13. The lowest BCUT2D eigenvalue weighted by Crippen LogP contribution is -2.29. The van der Waals surface area contributed by atoms with Crippen molar-refractivity contribution in [2.24, 2.45) is 11.3 Å². The van der Waals surface area contributed by atoms with E-state index in [2.05, 4.69) is 31.1 Å². The van der Waals surface area contributed by atoms with Crippen LogP contribution in [0.25, 0.3) is 0 Å². The van der Waals surface area contributed by atoms with Crippen molar-refractivity contribution in [1.29, 1.82) is 0 Å². The van der Waals surface area contributed by atoms with Crippen LogP contribution in [0.3, 0.4) is 0 Å². The van der Waals surface area contributed by atoms with Crippen LogP contribution in [0.4, 0.5) is 0 Å². The average molecular weight is 317 g/mol. The zero-order chi connectivity index (χ0) is 17.0. The van der Waals surface area contributed by atoms with E-state index in [9.17, 15) is 4.79 Å². The molecule has 1 aliphatic rings. The van der Waals surface area contributed by atoms with Crippen LogP contribution < -0.4 is 4.74 Å². The summed E-state index contributed by atoms with van der Waals surface area (Å²) in [4.78, 5) is 14.4. The van der Waals surface area contributed by atoms with Crippen molar-refractivity contribution in [3.63, 3.8) is 0 Å². The Morgan fingerprint density at radius 3 is 2.57 bits per heavy atom. The fraction of sp³-hybridized carbons (Fsp3) is 0.650. The Morgan fingerprint density at radius 1 is 1.22 bits per heavy atom. The maximum Gasteiger partial charge on any atom is 0.316 e. The molecule has 0 radical (unpaired) electrons. The maximum atomic E-state index is 12.1. The molecule has 0 bridgehead atoms. The number of rotatable bonds is 4. The lowest BCUT2D eigenvalue weighted by Gasteiger charge is -2.34. The monoisotopic (exact) mass is 317 g/mol. The zero-order valence-electron chi connectivity index (χ0n) is 15.3. The average Bonchev–Trinajstić information content (AvgIpc) is 2.46. The Morgan fingerprint density at radius 2 is 1.91 bits per heavy atom. The molecule has 3 heteroatoms. The second-order valence-corrected chi connectivity index (χ2v) is 8.13. The number of esters is 1. The van der Waals surface area contributed by atoms with Gasteiger partial charge in [-0.2, -0.15) is 0 Å². The minimum Gasteiger partial charge on any atom is -0.426 e. The molecule has 0 aliphatic heterocycles. The van der Waals surface area contributed by atoms with Gasteiger partial charge in [-0.1, -0.05) is 25.0 Å². The fourth-order valence-electron chi connectivity index (χ4n) is 3.40. The quantitative estimate of drug-likeness (QED) is 0.606. The van der Waals surface area contributed by atoms with E-state index in [-0.39, 0.29) is 5.97 Å². The molecule has 0 aromatic heterocycles. The summed E-state index contributed by atoms with van der Waals surface area (Å²) in [6, 6.07) is 8.16. The highest BCUT2D eigenvalue weighted by Crippen LogP contribution is 2.39. The van der Waals surface area contributed by atoms with Gasteiger partial charge in [-0.25, -0.2) is 0 Å². The summed E-state index contributed by atoms with van der Waals surface area (Å²) in [6.45, 7) is 6.77. The van der Waals surface area contributed by atoms with E-state index in [1.54, 1.807) is 0 Å². The van der Waals surface area contributed by atoms with Gasteiger partial charge in [0, 0.05) is 6.54 Å². The van der Waals surface area contributed by atoms with Crippen LogP contribution >= 0.6 is 0 Å². The van der Waals surface area contributed by atoms with Crippen molar-refractivity contribution >= 4 is 5.97 Å². The van der Waals surface area contributed by atoms with Crippen molar-refractivity contribution in [2.75, 3.05) is 20.6 Å². The number of ether oxygens (including phenoxy) is 1. The van der Waals surface area contributed by atoms with E-state index in [0.29, 0.717) is 17.6 Å². The highest BCUT2D eigenvalue weighted by atomic mass is 16.5. The number of carbonyl (C=O) groups excluding carboxylic acids is 1. The molecule has 0 amide bonds. The van der Waals surface area contributed by atoms with E-state index >= 15 is 0 Å². The molecule has 1 fully saturated rings. The smallest absolute Gasteiger partial charge is 0.316 e. The Hall–Kier alpha value is -1.35. The Balaban J connectivity index is 2.15. The van der Waals surface area contributed by atoms with Gasteiger partial charge in [-0.15, -0.1) is 0 Å². The first-order chi connectivity index (χ1) is 10.8. The van der Waals surface area contributed by atoms with Crippen LogP contribution in [0.5, 0.6) is 5.75 Å². The minimum absolute atomic E-state index is 0.178. The van der Waals surface area contributed by atoms with Gasteiger partial charge in [0.05, 0.1) is 5.41 Å². The van der Waals surface area contributed by atoms with Crippen LogP contribution in [0.1, 0.15) is 57.9 Å². The van der Waals surface area contributed by atoms with Crippen molar-refractivity contribution in [2.45, 2.75) is 52.4 Å². The Labute approximate surface area is 141 Å². The van der Waals surface area contributed by atoms with Gasteiger partial charge in [0.15, 0.2) is 0 Å². The largest absolute Gasteiger partial charge is 0.426 e. The third-order valence-corrected chi connectivity index (χ3v) is 4.62. The second kappa shape index (κ2) is 7.48. The molecule has 128 valence electrons. The van der Waals surface area contributed by atoms with Crippen molar-refractivity contribution < 1.29 is 9.53 Å². The van der Waals surface area contributed by atoms with Gasteiger partial charge < -0.3 is 9.64 Å². The normalized spacial score (nSPS) is 22.2. The van der Waals surface area contributed by atoms with Crippen LogP contribution in [0.15, 0.2) is 24.3 Å². The molecule has 0 heterocycles. The SMILES string of the molecule is CN(C)C[C@H]1CCCC[C@H]1c1cccc(OC(=O)C(C)(C)C)c1. The summed E-state index contributed by atoms with van der Waals surface area (Å²) in [5.41, 5.74) is 0.838. The molecule has 23 heavy (non-hydrogen) atoms. The summed E-state index contributed by atoms with van der Waals surface area (Å²) in [7, 11) is 4.29. The predicted molar refractivity (Wildman–Crippen MR) is 94.8 cm³/mol. The van der Waals surface area contributed by atoms with Gasteiger partial charge >= 0.3 is 5.97 Å². The number of hydrogen-bond donors (Lipinski definition) is 0. The molecule has 2 rings (SSSR count). The molecule has 1 aliphatic carbocycles. The molecule has 0 spiro atoms. The third kappa shape index (κ3) is 5.07. The number of nitrogens with zero attached hydrogens (tertiary/aromatic N) is 1. The van der Waals surface area contributed by atoms with Gasteiger partial charge in [-0.3, -0.25) is 4.79 Å². The number of hydrogen-bond acceptors (Lipinski definition) is 3. The first-order valence-corrected chi connectivity index (χ1v) is 8.74. The zero-order valence-corrected chi connectivity index (χ0v) is 15.3. The summed E-state index contributed by atoms with van der Waals surface area (Å²) in [5, 5.41) is 0. The first-order valence-electron chi connectivity index (χ1n) is 8.74. The van der Waals surface area contributed by atoms with Gasteiger partial charge in [0.1, 0.15) is 5.75 Å². The lowest BCUT2D eigenvalue weighted by atomic mass is 9.75. The lowest BCUT2D eigenvalue weighted by molar-refractivity contribution is -0.143. The number of benzene rings is 1. The molecule has 3 nitrogen and oxygen atoms in total. The highest BCUT2D eigenvalue weighted by molar-refractivity contribution is 5.77. The molecule has 2 atom stereocenters. The molecule has 0 unspecified atom stereocenters. The molecular formula is C20H31NO2. The van der Waals surface area contributed by atoms with Crippen LogP contribution in [-0.4, -0.2) is 31.5 Å². The van der Waals surface area contributed by atoms with Gasteiger partial charge in [0.2, 0.25) is 0 Å². The van der Waals surface area contributed by atoms with Crippen LogP contribution in [0.2, 0.25) is 0 Å². The minimum atomic E-state index is -0.478. The van der Waals surface area contributed by atoms with Gasteiger partial charge in [-0.05, 0) is 77.2 Å². The van der Waals surface area contributed by atoms with E-state index in [1.807, 2.05) is 32.9 Å². The molecule has 1 aromatic rings. The predicted octanol–water partition coefficient (Wildman–Crippen LogP) is 4.47. The van der Waals surface area contributed by atoms with Crippen molar-refractivity contribution in [3.8, 4) is 5.75 Å². The first kappa shape index (κ1) is 18.0. The Bertz CT molecular complexity index is 531. The molecule has 0 N–H and O–H groups in total. The van der Waals surface area contributed by atoms with Crippen molar-refractivity contribution in [1.82, 2.24) is 4.90 Å². The standard InChI is InChI=1S/C20H31NO2/c1-20(2,3)19(22)23-17-11-8-10-15(13-17)18-12-7-6-9-16(18)14-21(4)5/h8,10-11,13,16,18H,6-7,9,12,14H2,1-5H3/t16-,18+/m1/s1. The summed E-state index contributed by atoms with van der Waals surface area (Å²) < 4.78 is 5.58. The summed E-state index contributed by atoms with van der Waals surface area (Å²) >= 11 is 0. The number of carbonyl (C=O) groups is 1. The molecule has 0 saturated heterocycles. The van der Waals surface area contributed by atoms with Crippen LogP contribution in [-0.2, 0) is 4.79 Å². The van der Waals surface area contributed by atoms with Crippen LogP contribution in [0, 0.1) is 11.3 Å². The molecular weight excluding hydrogens is 286 g/mol. The molecule has 1 saturated carbocycles. The Kier molecular flexibility index (Phi) is 5.85. The van der Waals surface area contributed by atoms with E-state index in [1.165, 1.54) is 31.2 Å². The fourth-order valence-corrected chi connectivity index (χ4v) is 3.40. The highest BCUT2D eigenvalue weighted by Gasteiger charge is 2.28. The summed E-state index contributed by atoms with van der Waals surface area (Å²) in [5.74, 6) is 1.76. The maximum absolute atomic E-state index is 12.1. The third-order valence-electron chi connectivity index (χ3n) is 4.62. The molecule has 1 aromatic carbocycles.